The van der Waals surface area contributed by atoms with Crippen molar-refractivity contribution in [1.82, 2.24) is 5.32 Å². The number of ether oxygens (including phenoxy) is 3. The van der Waals surface area contributed by atoms with Crippen molar-refractivity contribution < 1.29 is 33.0 Å². The Morgan fingerprint density at radius 1 is 1.19 bits per heavy atom. The number of allylic oxidation sites excluding steroid dienone is 3. The van der Waals surface area contributed by atoms with Gasteiger partial charge in [-0.3, -0.25) is 9.59 Å². The van der Waals surface area contributed by atoms with Crippen LogP contribution in [0.5, 0.6) is 0 Å². The number of carbonyl (C=O) groups excluding carboxylic acids is 3. The number of Topliss-reactive ketones (excluding diaryl/α,β-unsaturated/α-hetero) is 1. The third-order valence-corrected chi connectivity index (χ3v) is 5.70. The largest absolute Gasteiger partial charge is 0.468 e. The molecule has 31 heavy (non-hydrogen) atoms. The highest BCUT2D eigenvalue weighted by molar-refractivity contribution is 6.12. The summed E-state index contributed by atoms with van der Waals surface area (Å²) in [5.41, 5.74) is 1.55. The minimum atomic E-state index is -1.02. The maximum Gasteiger partial charge on any atom is 0.336 e. The number of esters is 2. The van der Waals surface area contributed by atoms with E-state index in [-0.39, 0.29) is 35.8 Å². The Kier molecular flexibility index (Phi) is 6.90. The average Bonchev–Trinajstić information content (AvgIpc) is 2.73. The van der Waals surface area contributed by atoms with Crippen molar-refractivity contribution in [2.45, 2.75) is 26.2 Å². The molecule has 3 rings (SSSR count). The summed E-state index contributed by atoms with van der Waals surface area (Å²) < 4.78 is 30.0. The zero-order chi connectivity index (χ0) is 22.7. The number of halogens is 1. The highest BCUT2D eigenvalue weighted by atomic mass is 19.1. The van der Waals surface area contributed by atoms with Crippen molar-refractivity contribution in [3.63, 3.8) is 0 Å². The summed E-state index contributed by atoms with van der Waals surface area (Å²) in [5.74, 6) is -4.69. The maximum atomic E-state index is 14.9. The van der Waals surface area contributed by atoms with Crippen LogP contribution in [0.2, 0.25) is 0 Å². The van der Waals surface area contributed by atoms with Gasteiger partial charge in [0.1, 0.15) is 18.3 Å². The third-order valence-electron chi connectivity index (χ3n) is 5.70. The van der Waals surface area contributed by atoms with Gasteiger partial charge in [-0.05, 0) is 25.3 Å². The normalized spacial score (nSPS) is 23.3. The number of hydrogen-bond acceptors (Lipinski definition) is 7. The Balaban J connectivity index is 2.14. The SMILES string of the molecule is COCCOC(=O)C1=C(C)NC2=C(C(=O)[C@H](C(=O)OC)[C@@H](C)C2)[C@H]1c1ccccc1F. The molecule has 1 N–H and O–H groups in total. The molecule has 0 spiro atoms. The van der Waals surface area contributed by atoms with Crippen molar-refractivity contribution in [2.24, 2.45) is 11.8 Å². The topological polar surface area (TPSA) is 90.9 Å². The predicted molar refractivity (Wildman–Crippen MR) is 109 cm³/mol. The fourth-order valence-electron chi connectivity index (χ4n) is 4.27. The standard InChI is InChI=1S/C23H26FNO6/c1-12-11-16-20(21(26)17(12)22(27)30-4)19(14-7-5-6-8-15(14)24)18(13(2)25-16)23(28)31-10-9-29-3/h5-8,12,17,19,25H,9-11H2,1-4H3/t12-,17+,19-/m0/s1. The molecule has 3 atom stereocenters. The second-order valence-electron chi connectivity index (χ2n) is 7.69. The van der Waals surface area contributed by atoms with E-state index < -0.39 is 35.4 Å². The monoisotopic (exact) mass is 431 g/mol. The molecule has 1 aromatic rings. The van der Waals surface area contributed by atoms with Crippen LogP contribution in [-0.2, 0) is 28.6 Å². The predicted octanol–water partition coefficient (Wildman–Crippen LogP) is 2.63. The molecule has 166 valence electrons. The molecule has 0 unspecified atom stereocenters. The Labute approximate surface area is 180 Å². The minimum Gasteiger partial charge on any atom is -0.468 e. The lowest BCUT2D eigenvalue weighted by molar-refractivity contribution is -0.151. The first-order chi connectivity index (χ1) is 14.8. The van der Waals surface area contributed by atoms with Crippen molar-refractivity contribution >= 4 is 17.7 Å². The fourth-order valence-corrected chi connectivity index (χ4v) is 4.27. The van der Waals surface area contributed by atoms with Crippen molar-refractivity contribution in [2.75, 3.05) is 27.4 Å². The summed E-state index contributed by atoms with van der Waals surface area (Å²) in [4.78, 5) is 38.8. The van der Waals surface area contributed by atoms with Crippen LogP contribution in [0.4, 0.5) is 4.39 Å². The lowest BCUT2D eigenvalue weighted by Gasteiger charge is -2.38. The Morgan fingerprint density at radius 2 is 1.90 bits per heavy atom. The van der Waals surface area contributed by atoms with Gasteiger partial charge >= 0.3 is 11.9 Å². The van der Waals surface area contributed by atoms with E-state index in [0.29, 0.717) is 17.8 Å². The zero-order valence-electron chi connectivity index (χ0n) is 18.0. The molecule has 8 heteroatoms. The molecule has 1 aromatic carbocycles. The van der Waals surface area contributed by atoms with E-state index in [9.17, 15) is 18.8 Å². The molecular weight excluding hydrogens is 405 g/mol. The summed E-state index contributed by atoms with van der Waals surface area (Å²) in [7, 11) is 2.71. The maximum absolute atomic E-state index is 14.9. The highest BCUT2D eigenvalue weighted by Crippen LogP contribution is 2.45. The molecule has 0 amide bonds. The van der Waals surface area contributed by atoms with Gasteiger partial charge in [0.05, 0.1) is 25.2 Å². The van der Waals surface area contributed by atoms with Gasteiger partial charge in [-0.25, -0.2) is 9.18 Å². The van der Waals surface area contributed by atoms with Gasteiger partial charge in [0.25, 0.3) is 0 Å². The van der Waals surface area contributed by atoms with E-state index in [1.54, 1.807) is 19.9 Å². The number of carbonyl (C=O) groups is 3. The first kappa shape index (κ1) is 22.7. The van der Waals surface area contributed by atoms with Crippen LogP contribution in [0.25, 0.3) is 0 Å². The van der Waals surface area contributed by atoms with Crippen LogP contribution in [0.1, 0.15) is 31.7 Å². The summed E-state index contributed by atoms with van der Waals surface area (Å²) in [6, 6.07) is 5.97. The fraction of sp³-hybridized carbons (Fsp3) is 0.435. The number of nitrogens with one attached hydrogen (secondary N) is 1. The summed E-state index contributed by atoms with van der Waals surface area (Å²) in [6.07, 6.45) is 0.384. The smallest absolute Gasteiger partial charge is 0.336 e. The summed E-state index contributed by atoms with van der Waals surface area (Å²) in [6.45, 7) is 3.69. The van der Waals surface area contributed by atoms with Gasteiger partial charge in [0.15, 0.2) is 5.78 Å². The molecule has 1 heterocycles. The van der Waals surface area contributed by atoms with Crippen LogP contribution < -0.4 is 5.32 Å². The van der Waals surface area contributed by atoms with Crippen LogP contribution in [0.15, 0.2) is 46.8 Å². The molecule has 0 aromatic heterocycles. The van der Waals surface area contributed by atoms with Gasteiger partial charge in [-0.1, -0.05) is 25.1 Å². The van der Waals surface area contributed by atoms with E-state index in [2.05, 4.69) is 5.32 Å². The highest BCUT2D eigenvalue weighted by Gasteiger charge is 2.47. The van der Waals surface area contributed by atoms with E-state index in [4.69, 9.17) is 14.2 Å². The van der Waals surface area contributed by atoms with Crippen molar-refractivity contribution in [3.05, 3.63) is 58.2 Å². The quantitative estimate of drug-likeness (QED) is 0.421. The molecule has 1 aliphatic carbocycles. The Morgan fingerprint density at radius 3 is 2.55 bits per heavy atom. The van der Waals surface area contributed by atoms with Crippen molar-refractivity contribution in [3.8, 4) is 0 Å². The molecular formula is C23H26FNO6. The van der Waals surface area contributed by atoms with Crippen LogP contribution in [-0.4, -0.2) is 45.2 Å². The molecule has 7 nitrogen and oxygen atoms in total. The first-order valence-electron chi connectivity index (χ1n) is 10.0. The Bertz CT molecular complexity index is 967. The number of methoxy groups -OCH3 is 2. The van der Waals surface area contributed by atoms with Crippen molar-refractivity contribution in [1.29, 1.82) is 0 Å². The van der Waals surface area contributed by atoms with Gasteiger partial charge in [-0.15, -0.1) is 0 Å². The first-order valence-corrected chi connectivity index (χ1v) is 10.0. The van der Waals surface area contributed by atoms with E-state index in [0.717, 1.165) is 0 Å². The number of rotatable bonds is 6. The second kappa shape index (κ2) is 9.43. The average molecular weight is 431 g/mol. The molecule has 2 aliphatic rings. The number of hydrogen-bond donors (Lipinski definition) is 1. The third kappa shape index (κ3) is 4.25. The van der Waals surface area contributed by atoms with E-state index >= 15 is 0 Å². The molecule has 0 saturated carbocycles. The lowest BCUT2D eigenvalue weighted by Crippen LogP contribution is -2.43. The van der Waals surface area contributed by atoms with Crippen LogP contribution in [0, 0.1) is 17.7 Å². The molecule has 0 saturated heterocycles. The minimum absolute atomic E-state index is 0.0117. The second-order valence-corrected chi connectivity index (χ2v) is 7.69. The van der Waals surface area contributed by atoms with E-state index in [1.807, 2.05) is 0 Å². The van der Waals surface area contributed by atoms with E-state index in [1.165, 1.54) is 32.4 Å². The van der Waals surface area contributed by atoms with Gasteiger partial charge in [-0.2, -0.15) is 0 Å². The number of benzene rings is 1. The zero-order valence-corrected chi connectivity index (χ0v) is 18.0. The lowest BCUT2D eigenvalue weighted by atomic mass is 9.69. The molecule has 0 bridgehead atoms. The van der Waals surface area contributed by atoms with Crippen LogP contribution >= 0.6 is 0 Å². The van der Waals surface area contributed by atoms with Gasteiger partial charge in [0, 0.05) is 29.6 Å². The number of dihydropyridines is 1. The summed E-state index contributed by atoms with van der Waals surface area (Å²) in [5, 5.41) is 3.13. The molecule has 0 radical (unpaired) electrons. The number of ketones is 1. The van der Waals surface area contributed by atoms with Gasteiger partial charge < -0.3 is 19.5 Å². The summed E-state index contributed by atoms with van der Waals surface area (Å²) >= 11 is 0. The Hall–Kier alpha value is -3.00. The van der Waals surface area contributed by atoms with Gasteiger partial charge in [0.2, 0.25) is 0 Å². The van der Waals surface area contributed by atoms with Crippen LogP contribution in [0.3, 0.4) is 0 Å². The molecule has 1 aliphatic heterocycles. The molecule has 0 fully saturated rings.